The number of nitrogens with zero attached hydrogens (tertiary/aromatic N) is 2. The Bertz CT molecular complexity index is 341. The molecule has 1 atom stereocenters. The minimum Gasteiger partial charge on any atom is -0.271 e. The van der Waals surface area contributed by atoms with Crippen LogP contribution in [0, 0.1) is 5.92 Å². The predicted molar refractivity (Wildman–Crippen MR) is 50.4 cm³/mol. The van der Waals surface area contributed by atoms with Crippen molar-refractivity contribution in [2.75, 3.05) is 0 Å². The molecule has 0 N–H and O–H groups in total. The lowest BCUT2D eigenvalue weighted by atomic mass is 10.0. The maximum Gasteiger partial charge on any atom is 0.261 e. The van der Waals surface area contributed by atoms with Crippen LogP contribution in [0.2, 0.25) is 0 Å². The van der Waals surface area contributed by atoms with Gasteiger partial charge in [-0.3, -0.25) is 4.79 Å². The molecule has 0 aromatic carbocycles. The number of hydrogen-bond acceptors (Lipinski definition) is 3. The zero-order valence-corrected chi connectivity index (χ0v) is 7.68. The molecule has 0 saturated carbocycles. The average Bonchev–Trinajstić information content (AvgIpc) is 2.31. The van der Waals surface area contributed by atoms with Crippen molar-refractivity contribution in [3.05, 3.63) is 11.0 Å². The maximum atomic E-state index is 11.4. The molecule has 12 heavy (non-hydrogen) atoms. The third kappa shape index (κ3) is 1.03. The highest BCUT2D eigenvalue weighted by Gasteiger charge is 2.33. The fraction of sp³-hybridized carbons (Fsp3) is 0.375. The number of amides is 1. The van der Waals surface area contributed by atoms with Gasteiger partial charge in [0.1, 0.15) is 11.8 Å². The molecule has 2 aliphatic rings. The van der Waals surface area contributed by atoms with E-state index in [0.29, 0.717) is 5.84 Å². The van der Waals surface area contributed by atoms with E-state index in [1.807, 2.05) is 12.3 Å². The lowest BCUT2D eigenvalue weighted by molar-refractivity contribution is -0.118. The summed E-state index contributed by atoms with van der Waals surface area (Å²) < 4.78 is 0. The monoisotopic (exact) mass is 180 g/mol. The predicted octanol–water partition coefficient (Wildman–Crippen LogP) is 1.61. The van der Waals surface area contributed by atoms with Crippen LogP contribution in [0.4, 0.5) is 0 Å². The number of thioether (sulfide) groups is 1. The molecule has 0 aromatic heterocycles. The van der Waals surface area contributed by atoms with E-state index in [1.54, 1.807) is 6.92 Å². The Morgan fingerprint density at radius 2 is 2.17 bits per heavy atom. The number of amidine groups is 1. The molecule has 0 aliphatic carbocycles. The first-order chi connectivity index (χ1) is 5.68. The van der Waals surface area contributed by atoms with E-state index in [-0.39, 0.29) is 11.8 Å². The summed E-state index contributed by atoms with van der Waals surface area (Å²) in [6.07, 6.45) is 0. The van der Waals surface area contributed by atoms with E-state index in [0.717, 1.165) is 10.6 Å². The third-order valence-electron chi connectivity index (χ3n) is 1.86. The Morgan fingerprint density at radius 1 is 1.42 bits per heavy atom. The summed E-state index contributed by atoms with van der Waals surface area (Å²) in [5.74, 6) is 0.330. The van der Waals surface area contributed by atoms with E-state index in [1.165, 1.54) is 11.8 Å². The first-order valence-corrected chi connectivity index (χ1v) is 4.57. The van der Waals surface area contributed by atoms with Crippen molar-refractivity contribution in [2.45, 2.75) is 13.8 Å². The highest BCUT2D eigenvalue weighted by atomic mass is 32.2. The second-order valence-electron chi connectivity index (χ2n) is 2.86. The number of carbonyl (C=O) groups excluding carboxylic acids is 1. The smallest absolute Gasteiger partial charge is 0.261 e. The normalized spacial score (nSPS) is 27.7. The number of rotatable bonds is 0. The summed E-state index contributed by atoms with van der Waals surface area (Å²) in [6, 6.07) is 0. The highest BCUT2D eigenvalue weighted by molar-refractivity contribution is 8.17. The number of fused-ring (bicyclic) bond motifs is 1. The van der Waals surface area contributed by atoms with Gasteiger partial charge in [0.05, 0.1) is 5.04 Å². The SMILES string of the molecule is CC1=CSC2=NC(C)=NC(=O)C12. The molecule has 3 nitrogen and oxygen atoms in total. The molecule has 0 bridgehead atoms. The fourth-order valence-corrected chi connectivity index (χ4v) is 2.33. The summed E-state index contributed by atoms with van der Waals surface area (Å²) in [6.45, 7) is 3.68. The Kier molecular flexibility index (Phi) is 1.65. The molecule has 1 amide bonds. The van der Waals surface area contributed by atoms with Crippen LogP contribution >= 0.6 is 11.8 Å². The maximum absolute atomic E-state index is 11.4. The van der Waals surface area contributed by atoms with Crippen molar-refractivity contribution in [1.82, 2.24) is 0 Å². The van der Waals surface area contributed by atoms with Crippen molar-refractivity contribution in [2.24, 2.45) is 15.9 Å². The highest BCUT2D eigenvalue weighted by Crippen LogP contribution is 2.33. The second-order valence-corrected chi connectivity index (χ2v) is 3.75. The van der Waals surface area contributed by atoms with Gasteiger partial charge >= 0.3 is 0 Å². The van der Waals surface area contributed by atoms with E-state index in [2.05, 4.69) is 9.98 Å². The van der Waals surface area contributed by atoms with Gasteiger partial charge in [-0.2, -0.15) is 4.99 Å². The van der Waals surface area contributed by atoms with Crippen molar-refractivity contribution in [3.8, 4) is 0 Å². The molecule has 1 unspecified atom stereocenters. The molecular weight excluding hydrogens is 172 g/mol. The average molecular weight is 180 g/mol. The van der Waals surface area contributed by atoms with Crippen molar-refractivity contribution in [3.63, 3.8) is 0 Å². The minimum absolute atomic E-state index is 0.0729. The first kappa shape index (κ1) is 7.73. The molecule has 0 fully saturated rings. The summed E-state index contributed by atoms with van der Waals surface area (Å²) in [5, 5.41) is 2.85. The number of aliphatic imine (C=N–C) groups is 2. The van der Waals surface area contributed by atoms with Gasteiger partial charge in [-0.05, 0) is 24.8 Å². The zero-order valence-electron chi connectivity index (χ0n) is 6.87. The molecular formula is C8H8N2OS. The largest absolute Gasteiger partial charge is 0.271 e. The van der Waals surface area contributed by atoms with Gasteiger partial charge in [-0.15, -0.1) is 0 Å². The van der Waals surface area contributed by atoms with E-state index in [9.17, 15) is 4.79 Å². The van der Waals surface area contributed by atoms with Crippen LogP contribution in [0.15, 0.2) is 21.0 Å². The van der Waals surface area contributed by atoms with Gasteiger partial charge in [0, 0.05) is 0 Å². The molecule has 62 valence electrons. The molecule has 0 saturated heterocycles. The number of hydrogen-bond donors (Lipinski definition) is 0. The fourth-order valence-electron chi connectivity index (χ4n) is 1.28. The molecule has 2 aliphatic heterocycles. The van der Waals surface area contributed by atoms with E-state index in [4.69, 9.17) is 0 Å². The van der Waals surface area contributed by atoms with Crippen LogP contribution in [0.3, 0.4) is 0 Å². The van der Waals surface area contributed by atoms with Gasteiger partial charge in [0.25, 0.3) is 5.91 Å². The standard InChI is InChI=1S/C8H8N2OS/c1-4-3-12-8-6(4)7(11)9-5(2)10-8/h3,6H,1-2H3. The van der Waals surface area contributed by atoms with Crippen LogP contribution in [0.25, 0.3) is 0 Å². The zero-order chi connectivity index (χ0) is 8.72. The third-order valence-corrected chi connectivity index (χ3v) is 2.92. The summed E-state index contributed by atoms with van der Waals surface area (Å²) >= 11 is 1.53. The molecule has 2 heterocycles. The van der Waals surface area contributed by atoms with Crippen LogP contribution in [0.5, 0.6) is 0 Å². The van der Waals surface area contributed by atoms with Gasteiger partial charge < -0.3 is 0 Å². The molecule has 0 aromatic rings. The lowest BCUT2D eigenvalue weighted by Crippen LogP contribution is -2.23. The van der Waals surface area contributed by atoms with Crippen LogP contribution in [0.1, 0.15) is 13.8 Å². The van der Waals surface area contributed by atoms with E-state index < -0.39 is 0 Å². The first-order valence-electron chi connectivity index (χ1n) is 3.69. The Balaban J connectivity index is 2.42. The quantitative estimate of drug-likeness (QED) is 0.568. The molecule has 0 radical (unpaired) electrons. The summed E-state index contributed by atoms with van der Waals surface area (Å²) in [7, 11) is 0. The van der Waals surface area contributed by atoms with Crippen LogP contribution in [-0.4, -0.2) is 16.8 Å². The van der Waals surface area contributed by atoms with Gasteiger partial charge in [0.2, 0.25) is 0 Å². The van der Waals surface area contributed by atoms with Crippen LogP contribution in [-0.2, 0) is 4.79 Å². The van der Waals surface area contributed by atoms with Gasteiger partial charge in [0.15, 0.2) is 0 Å². The molecule has 2 rings (SSSR count). The Morgan fingerprint density at radius 3 is 2.92 bits per heavy atom. The second kappa shape index (κ2) is 2.55. The van der Waals surface area contributed by atoms with Crippen LogP contribution < -0.4 is 0 Å². The summed E-state index contributed by atoms with van der Waals surface area (Å²) in [5.41, 5.74) is 1.06. The Hall–Kier alpha value is -0.900. The topological polar surface area (TPSA) is 41.8 Å². The number of carbonyl (C=O) groups is 1. The summed E-state index contributed by atoms with van der Waals surface area (Å²) in [4.78, 5) is 19.4. The lowest BCUT2D eigenvalue weighted by Gasteiger charge is -2.12. The Labute approximate surface area is 74.7 Å². The van der Waals surface area contributed by atoms with Crippen molar-refractivity contribution >= 4 is 28.5 Å². The van der Waals surface area contributed by atoms with E-state index >= 15 is 0 Å². The van der Waals surface area contributed by atoms with Crippen molar-refractivity contribution in [1.29, 1.82) is 0 Å². The molecule has 0 spiro atoms. The minimum atomic E-state index is -0.168. The molecule has 4 heteroatoms. The van der Waals surface area contributed by atoms with Crippen molar-refractivity contribution < 1.29 is 4.79 Å². The van der Waals surface area contributed by atoms with Gasteiger partial charge in [-0.1, -0.05) is 11.8 Å². The van der Waals surface area contributed by atoms with Gasteiger partial charge in [-0.25, -0.2) is 4.99 Å².